The Morgan fingerprint density at radius 2 is 1.93 bits per heavy atom. The molecule has 0 fully saturated rings. The second-order valence-corrected chi connectivity index (χ2v) is 5.64. The Balaban J connectivity index is 2.65. The second kappa shape index (κ2) is 2.94. The van der Waals surface area contributed by atoms with E-state index in [9.17, 15) is 0 Å². The van der Waals surface area contributed by atoms with Crippen LogP contribution in [0.2, 0.25) is 0 Å². The van der Waals surface area contributed by atoms with Crippen LogP contribution in [-0.4, -0.2) is 19.5 Å². The third-order valence-corrected chi connectivity index (χ3v) is 4.86. The van der Waals surface area contributed by atoms with Gasteiger partial charge in [-0.1, -0.05) is 0 Å². The quantitative estimate of drug-likeness (QED) is 0.556. The van der Waals surface area contributed by atoms with Crippen molar-refractivity contribution in [1.29, 1.82) is 0 Å². The topological polar surface area (TPSA) is 12.9 Å². The SMILES string of the molecule is Cc1nccc2[se]c3ccccc3c12. The molecule has 0 N–H and O–H groups in total. The molecule has 0 saturated carbocycles. The van der Waals surface area contributed by atoms with E-state index in [1.165, 1.54) is 19.3 Å². The predicted octanol–water partition coefficient (Wildman–Crippen LogP) is 2.75. The molecule has 14 heavy (non-hydrogen) atoms. The molecule has 2 heterocycles. The van der Waals surface area contributed by atoms with Crippen LogP contribution >= 0.6 is 0 Å². The molecule has 0 amide bonds. The third kappa shape index (κ3) is 1.05. The van der Waals surface area contributed by atoms with E-state index in [4.69, 9.17) is 0 Å². The molecule has 0 spiro atoms. The molecule has 0 radical (unpaired) electrons. The van der Waals surface area contributed by atoms with Crippen molar-refractivity contribution in [2.75, 3.05) is 0 Å². The maximum atomic E-state index is 4.36. The van der Waals surface area contributed by atoms with Crippen LogP contribution in [0.1, 0.15) is 5.69 Å². The summed E-state index contributed by atoms with van der Waals surface area (Å²) in [4.78, 5) is 4.36. The number of nitrogens with zero attached hydrogens (tertiary/aromatic N) is 1. The van der Waals surface area contributed by atoms with Gasteiger partial charge in [-0.25, -0.2) is 0 Å². The summed E-state index contributed by atoms with van der Waals surface area (Å²) in [5.74, 6) is 0. The predicted molar refractivity (Wildman–Crippen MR) is 60.9 cm³/mol. The van der Waals surface area contributed by atoms with E-state index in [1.54, 1.807) is 0 Å². The van der Waals surface area contributed by atoms with Gasteiger partial charge >= 0.3 is 87.9 Å². The van der Waals surface area contributed by atoms with Crippen molar-refractivity contribution in [3.63, 3.8) is 0 Å². The van der Waals surface area contributed by atoms with E-state index < -0.39 is 0 Å². The van der Waals surface area contributed by atoms with Gasteiger partial charge < -0.3 is 0 Å². The number of hydrogen-bond donors (Lipinski definition) is 0. The minimum atomic E-state index is 0.486. The van der Waals surface area contributed by atoms with Crippen molar-refractivity contribution in [2.45, 2.75) is 6.92 Å². The number of aryl methyl sites for hydroxylation is 1. The minimum absolute atomic E-state index is 0.486. The van der Waals surface area contributed by atoms with Crippen molar-refractivity contribution >= 4 is 33.8 Å². The fraction of sp³-hybridized carbons (Fsp3) is 0.0833. The van der Waals surface area contributed by atoms with Crippen LogP contribution in [0.5, 0.6) is 0 Å². The fourth-order valence-electron chi connectivity index (χ4n) is 1.84. The Morgan fingerprint density at radius 3 is 2.86 bits per heavy atom. The molecule has 0 aliphatic carbocycles. The molecule has 2 aromatic heterocycles. The van der Waals surface area contributed by atoms with E-state index in [1.807, 2.05) is 6.20 Å². The van der Waals surface area contributed by atoms with Crippen molar-refractivity contribution in [1.82, 2.24) is 4.98 Å². The average Bonchev–Trinajstić information content (AvgIpc) is 2.57. The number of rotatable bonds is 0. The molecule has 0 saturated heterocycles. The number of benzene rings is 1. The van der Waals surface area contributed by atoms with Crippen molar-refractivity contribution in [3.05, 3.63) is 42.2 Å². The summed E-state index contributed by atoms with van der Waals surface area (Å²) in [5, 5.41) is 2.77. The Hall–Kier alpha value is -1.11. The van der Waals surface area contributed by atoms with Crippen LogP contribution in [0.15, 0.2) is 36.5 Å². The molecule has 0 unspecified atom stereocenters. The summed E-state index contributed by atoms with van der Waals surface area (Å²) in [6.45, 7) is 2.09. The summed E-state index contributed by atoms with van der Waals surface area (Å²) in [7, 11) is 0. The van der Waals surface area contributed by atoms with E-state index in [-0.39, 0.29) is 0 Å². The van der Waals surface area contributed by atoms with Crippen LogP contribution in [0.25, 0.3) is 19.3 Å². The normalized spacial score (nSPS) is 11.2. The molecule has 68 valence electrons. The van der Waals surface area contributed by atoms with E-state index in [0.717, 1.165) is 5.69 Å². The standard InChI is InChI=1S/C12H9NSe/c1-8-12-9-4-2-3-5-10(9)14-11(12)6-7-13-8/h2-7H,1H3. The van der Waals surface area contributed by atoms with Crippen LogP contribution in [0, 0.1) is 6.92 Å². The van der Waals surface area contributed by atoms with Crippen LogP contribution in [-0.2, 0) is 0 Å². The molecule has 3 rings (SSSR count). The number of pyridine rings is 1. The molecule has 1 nitrogen and oxygen atoms in total. The molecular formula is C12H9NSe. The van der Waals surface area contributed by atoms with Gasteiger partial charge in [-0.3, -0.25) is 0 Å². The van der Waals surface area contributed by atoms with Gasteiger partial charge in [0, 0.05) is 0 Å². The monoisotopic (exact) mass is 247 g/mol. The first-order valence-electron chi connectivity index (χ1n) is 4.59. The van der Waals surface area contributed by atoms with Gasteiger partial charge in [0.25, 0.3) is 0 Å². The zero-order valence-corrected chi connectivity index (χ0v) is 9.53. The second-order valence-electron chi connectivity index (χ2n) is 3.37. The van der Waals surface area contributed by atoms with Gasteiger partial charge in [0.2, 0.25) is 0 Å². The van der Waals surface area contributed by atoms with Crippen molar-refractivity contribution in [3.8, 4) is 0 Å². The first-order chi connectivity index (χ1) is 6.86. The molecular weight excluding hydrogens is 237 g/mol. The van der Waals surface area contributed by atoms with E-state index in [2.05, 4.69) is 42.2 Å². The van der Waals surface area contributed by atoms with E-state index >= 15 is 0 Å². The van der Waals surface area contributed by atoms with E-state index in [0.29, 0.717) is 14.5 Å². The Bertz CT molecular complexity index is 610. The fourth-order valence-corrected chi connectivity index (χ4v) is 4.25. The van der Waals surface area contributed by atoms with Gasteiger partial charge in [-0.2, -0.15) is 0 Å². The van der Waals surface area contributed by atoms with Gasteiger partial charge in [0.1, 0.15) is 0 Å². The molecule has 0 bridgehead atoms. The Labute approximate surface area is 88.1 Å². The van der Waals surface area contributed by atoms with Crippen molar-refractivity contribution < 1.29 is 0 Å². The zero-order chi connectivity index (χ0) is 9.54. The molecule has 3 aromatic rings. The molecule has 1 aromatic carbocycles. The first-order valence-corrected chi connectivity index (χ1v) is 6.30. The zero-order valence-electron chi connectivity index (χ0n) is 7.82. The van der Waals surface area contributed by atoms with Gasteiger partial charge in [0.15, 0.2) is 0 Å². The van der Waals surface area contributed by atoms with Gasteiger partial charge in [-0.05, 0) is 0 Å². The average molecular weight is 246 g/mol. The summed E-state index contributed by atoms with van der Waals surface area (Å²) in [6, 6.07) is 10.8. The molecule has 0 aliphatic rings. The molecule has 2 heteroatoms. The summed E-state index contributed by atoms with van der Waals surface area (Å²) in [6.07, 6.45) is 1.92. The number of aromatic nitrogens is 1. The van der Waals surface area contributed by atoms with Crippen molar-refractivity contribution in [2.24, 2.45) is 0 Å². The van der Waals surface area contributed by atoms with Crippen LogP contribution in [0.4, 0.5) is 0 Å². The maximum absolute atomic E-state index is 4.36. The van der Waals surface area contributed by atoms with Crippen LogP contribution < -0.4 is 0 Å². The van der Waals surface area contributed by atoms with Gasteiger partial charge in [-0.15, -0.1) is 0 Å². The first kappa shape index (κ1) is 8.22. The van der Waals surface area contributed by atoms with Gasteiger partial charge in [0.05, 0.1) is 0 Å². The Kier molecular flexibility index (Phi) is 1.73. The van der Waals surface area contributed by atoms with Crippen LogP contribution in [0.3, 0.4) is 0 Å². The Morgan fingerprint density at radius 1 is 1.07 bits per heavy atom. The number of fused-ring (bicyclic) bond motifs is 3. The third-order valence-electron chi connectivity index (χ3n) is 2.48. The summed E-state index contributed by atoms with van der Waals surface area (Å²) >= 11 is 0.486. The number of hydrogen-bond acceptors (Lipinski definition) is 1. The summed E-state index contributed by atoms with van der Waals surface area (Å²) in [5.41, 5.74) is 1.16. The molecule has 0 atom stereocenters. The molecule has 0 aliphatic heterocycles. The summed E-state index contributed by atoms with van der Waals surface area (Å²) < 4.78 is 2.97.